The highest BCUT2D eigenvalue weighted by Gasteiger charge is 2.34. The third-order valence-corrected chi connectivity index (χ3v) is 5.91. The van der Waals surface area contributed by atoms with Crippen molar-refractivity contribution < 1.29 is 9.90 Å². The molecule has 0 aromatic rings. The molecule has 1 aliphatic carbocycles. The van der Waals surface area contributed by atoms with Gasteiger partial charge in [-0.1, -0.05) is 19.3 Å². The predicted molar refractivity (Wildman–Crippen MR) is 87.6 cm³/mol. The van der Waals surface area contributed by atoms with Crippen molar-refractivity contribution in [3.05, 3.63) is 0 Å². The zero-order valence-electron chi connectivity index (χ0n) is 13.9. The Labute approximate surface area is 134 Å². The molecule has 0 aromatic carbocycles. The molecule has 0 bridgehead atoms. The lowest BCUT2D eigenvalue weighted by molar-refractivity contribution is -0.138. The van der Waals surface area contributed by atoms with Gasteiger partial charge in [-0.05, 0) is 58.0 Å². The van der Waals surface area contributed by atoms with Crippen molar-refractivity contribution in [1.29, 1.82) is 0 Å². The highest BCUT2D eigenvalue weighted by atomic mass is 16.3. The molecule has 3 rings (SSSR count). The molecule has 2 aliphatic heterocycles. The third kappa shape index (κ3) is 4.02. The van der Waals surface area contributed by atoms with E-state index in [1.54, 1.807) is 0 Å². The number of piperidine rings is 2. The number of nitrogens with zero attached hydrogens (tertiary/aromatic N) is 2. The third-order valence-electron chi connectivity index (χ3n) is 5.91. The summed E-state index contributed by atoms with van der Waals surface area (Å²) in [7, 11) is 0. The Kier molecular flexibility index (Phi) is 5.40. The molecule has 1 N–H and O–H groups in total. The Morgan fingerprint density at radius 2 is 1.50 bits per heavy atom. The zero-order valence-corrected chi connectivity index (χ0v) is 13.9. The van der Waals surface area contributed by atoms with E-state index in [0.717, 1.165) is 58.4 Å². The van der Waals surface area contributed by atoms with Crippen molar-refractivity contribution in [2.45, 2.75) is 69.8 Å². The fraction of sp³-hybridized carbons (Fsp3) is 0.944. The maximum absolute atomic E-state index is 12.6. The van der Waals surface area contributed by atoms with Crippen LogP contribution < -0.4 is 0 Å². The molecule has 0 spiro atoms. The Hall–Kier alpha value is -0.610. The fourth-order valence-electron chi connectivity index (χ4n) is 4.49. The van der Waals surface area contributed by atoms with Crippen LogP contribution in [0.4, 0.5) is 0 Å². The van der Waals surface area contributed by atoms with Gasteiger partial charge in [-0.2, -0.15) is 0 Å². The van der Waals surface area contributed by atoms with Gasteiger partial charge in [-0.25, -0.2) is 0 Å². The number of hydrogen-bond donors (Lipinski definition) is 1. The topological polar surface area (TPSA) is 43.8 Å². The summed E-state index contributed by atoms with van der Waals surface area (Å²) in [5, 5.41) is 10.7. The number of aliphatic hydroxyl groups is 1. The molecule has 2 saturated heterocycles. The lowest BCUT2D eigenvalue weighted by atomic mass is 9.83. The van der Waals surface area contributed by atoms with Crippen molar-refractivity contribution in [2.75, 3.05) is 32.7 Å². The standard InChI is InChI=1S/C18H32N2O2/c21-17(20-11-5-2-6-12-20)16-7-13-19(14-8-16)15-18(22)9-3-1-4-10-18/h16,22H,1-15H2. The molecule has 22 heavy (non-hydrogen) atoms. The van der Waals surface area contributed by atoms with Crippen LogP contribution >= 0.6 is 0 Å². The van der Waals surface area contributed by atoms with Crippen LogP contribution in [0.15, 0.2) is 0 Å². The molecule has 4 heteroatoms. The SMILES string of the molecule is O=C(C1CCN(CC2(O)CCCCC2)CC1)N1CCCCC1. The number of rotatable bonds is 3. The van der Waals surface area contributed by atoms with Gasteiger partial charge in [0.2, 0.25) is 5.91 Å². The molecular weight excluding hydrogens is 276 g/mol. The number of amides is 1. The summed E-state index contributed by atoms with van der Waals surface area (Å²) in [6.07, 6.45) is 11.1. The summed E-state index contributed by atoms with van der Waals surface area (Å²) in [4.78, 5) is 17.1. The van der Waals surface area contributed by atoms with E-state index in [-0.39, 0.29) is 5.92 Å². The van der Waals surface area contributed by atoms with E-state index in [0.29, 0.717) is 5.91 Å². The van der Waals surface area contributed by atoms with E-state index >= 15 is 0 Å². The van der Waals surface area contributed by atoms with E-state index in [9.17, 15) is 9.90 Å². The van der Waals surface area contributed by atoms with E-state index in [1.165, 1.54) is 38.5 Å². The van der Waals surface area contributed by atoms with Crippen LogP contribution in [0.3, 0.4) is 0 Å². The molecule has 3 fully saturated rings. The van der Waals surface area contributed by atoms with Crippen molar-refractivity contribution in [2.24, 2.45) is 5.92 Å². The first-order valence-electron chi connectivity index (χ1n) is 9.40. The van der Waals surface area contributed by atoms with Crippen LogP contribution in [0.1, 0.15) is 64.2 Å². The van der Waals surface area contributed by atoms with Crippen molar-refractivity contribution in [3.63, 3.8) is 0 Å². The average molecular weight is 308 g/mol. The second-order valence-corrected chi connectivity index (χ2v) is 7.72. The second kappa shape index (κ2) is 7.31. The minimum atomic E-state index is -0.456. The Morgan fingerprint density at radius 1 is 0.909 bits per heavy atom. The molecule has 126 valence electrons. The smallest absolute Gasteiger partial charge is 0.225 e. The van der Waals surface area contributed by atoms with Crippen molar-refractivity contribution >= 4 is 5.91 Å². The van der Waals surface area contributed by atoms with Crippen LogP contribution in [0.5, 0.6) is 0 Å². The Bertz CT molecular complexity index is 365. The average Bonchev–Trinajstić information content (AvgIpc) is 2.56. The van der Waals surface area contributed by atoms with E-state index in [4.69, 9.17) is 0 Å². The molecule has 3 aliphatic rings. The normalized spacial score (nSPS) is 27.8. The molecule has 0 atom stereocenters. The van der Waals surface area contributed by atoms with Crippen LogP contribution in [-0.2, 0) is 4.79 Å². The summed E-state index contributed by atoms with van der Waals surface area (Å²) in [6, 6.07) is 0. The molecule has 0 aromatic heterocycles. The van der Waals surface area contributed by atoms with Gasteiger partial charge in [0.15, 0.2) is 0 Å². The Balaban J connectivity index is 1.44. The van der Waals surface area contributed by atoms with Gasteiger partial charge in [-0.15, -0.1) is 0 Å². The monoisotopic (exact) mass is 308 g/mol. The Morgan fingerprint density at radius 3 is 2.14 bits per heavy atom. The molecule has 1 saturated carbocycles. The number of β-amino-alcohol motifs (C(OH)–C–C–N with tert-alkyl or cyclic N) is 1. The van der Waals surface area contributed by atoms with E-state index < -0.39 is 5.60 Å². The van der Waals surface area contributed by atoms with Gasteiger partial charge < -0.3 is 14.9 Å². The minimum Gasteiger partial charge on any atom is -0.389 e. The molecule has 1 amide bonds. The maximum Gasteiger partial charge on any atom is 0.225 e. The molecule has 0 radical (unpaired) electrons. The zero-order chi connectivity index (χ0) is 15.4. The first-order chi connectivity index (χ1) is 10.7. The number of hydrogen-bond acceptors (Lipinski definition) is 3. The van der Waals surface area contributed by atoms with Crippen LogP contribution in [0.25, 0.3) is 0 Å². The van der Waals surface area contributed by atoms with Gasteiger partial charge in [0.05, 0.1) is 5.60 Å². The maximum atomic E-state index is 12.6. The highest BCUT2D eigenvalue weighted by Crippen LogP contribution is 2.30. The van der Waals surface area contributed by atoms with Crippen molar-refractivity contribution in [1.82, 2.24) is 9.80 Å². The molecular formula is C18H32N2O2. The van der Waals surface area contributed by atoms with Gasteiger partial charge in [-0.3, -0.25) is 4.79 Å². The largest absolute Gasteiger partial charge is 0.389 e. The van der Waals surface area contributed by atoms with Crippen LogP contribution in [0, 0.1) is 5.92 Å². The molecule has 2 heterocycles. The van der Waals surface area contributed by atoms with Gasteiger partial charge >= 0.3 is 0 Å². The quantitative estimate of drug-likeness (QED) is 0.871. The van der Waals surface area contributed by atoms with Crippen LogP contribution in [-0.4, -0.2) is 59.1 Å². The van der Waals surface area contributed by atoms with Gasteiger partial charge in [0, 0.05) is 25.6 Å². The van der Waals surface area contributed by atoms with E-state index in [2.05, 4.69) is 9.80 Å². The first kappa shape index (κ1) is 16.3. The number of carbonyl (C=O) groups excluding carboxylic acids is 1. The van der Waals surface area contributed by atoms with Crippen LogP contribution in [0.2, 0.25) is 0 Å². The van der Waals surface area contributed by atoms with Gasteiger partial charge in [0.1, 0.15) is 0 Å². The predicted octanol–water partition coefficient (Wildman–Crippen LogP) is 2.41. The lowest BCUT2D eigenvalue weighted by Crippen LogP contribution is -2.49. The van der Waals surface area contributed by atoms with Gasteiger partial charge in [0.25, 0.3) is 0 Å². The summed E-state index contributed by atoms with van der Waals surface area (Å²) >= 11 is 0. The first-order valence-corrected chi connectivity index (χ1v) is 9.40. The summed E-state index contributed by atoms with van der Waals surface area (Å²) in [5.41, 5.74) is -0.456. The summed E-state index contributed by atoms with van der Waals surface area (Å²) in [5.74, 6) is 0.631. The van der Waals surface area contributed by atoms with Crippen molar-refractivity contribution in [3.8, 4) is 0 Å². The number of carbonyl (C=O) groups is 1. The lowest BCUT2D eigenvalue weighted by Gasteiger charge is -2.40. The fourth-order valence-corrected chi connectivity index (χ4v) is 4.49. The highest BCUT2D eigenvalue weighted by molar-refractivity contribution is 5.79. The summed E-state index contributed by atoms with van der Waals surface area (Å²) in [6.45, 7) is 4.72. The van der Waals surface area contributed by atoms with E-state index in [1.807, 2.05) is 0 Å². The summed E-state index contributed by atoms with van der Waals surface area (Å²) < 4.78 is 0. The molecule has 0 unspecified atom stereocenters. The second-order valence-electron chi connectivity index (χ2n) is 7.72. The minimum absolute atomic E-state index is 0.232. The molecule has 4 nitrogen and oxygen atoms in total. The number of likely N-dealkylation sites (tertiary alicyclic amines) is 2.